The number of aromatic nitrogens is 2. The molecule has 2 aliphatic heterocycles. The Morgan fingerprint density at radius 3 is 3.00 bits per heavy atom. The number of methoxy groups -OCH3 is 1. The molecule has 1 saturated heterocycles. The molecule has 110 valence electrons. The van der Waals surface area contributed by atoms with Crippen molar-refractivity contribution >= 4 is 11.8 Å². The molecule has 4 N–H and O–H groups in total. The molecular formula is C13H21N5O2. The molecule has 1 aromatic rings. The summed E-state index contributed by atoms with van der Waals surface area (Å²) in [7, 11) is 1.70. The lowest BCUT2D eigenvalue weighted by Gasteiger charge is -2.21. The Morgan fingerprint density at radius 1 is 1.30 bits per heavy atom. The maximum atomic E-state index is 5.83. The molecule has 0 aromatic carbocycles. The van der Waals surface area contributed by atoms with E-state index >= 15 is 0 Å². The maximum absolute atomic E-state index is 5.83. The Kier molecular flexibility index (Phi) is 4.00. The van der Waals surface area contributed by atoms with Crippen molar-refractivity contribution in [3.05, 3.63) is 11.3 Å². The molecule has 2 aliphatic rings. The molecule has 3 rings (SSSR count). The van der Waals surface area contributed by atoms with Crippen LogP contribution in [0, 0.1) is 0 Å². The van der Waals surface area contributed by atoms with Gasteiger partial charge in [-0.25, -0.2) is 4.98 Å². The molecule has 1 aromatic heterocycles. The second-order valence-corrected chi connectivity index (χ2v) is 5.17. The van der Waals surface area contributed by atoms with Crippen molar-refractivity contribution in [2.75, 3.05) is 44.5 Å². The number of rotatable bonds is 3. The minimum atomic E-state index is 0.0470. The Labute approximate surface area is 118 Å². The third kappa shape index (κ3) is 2.70. The van der Waals surface area contributed by atoms with Gasteiger partial charge in [0.05, 0.1) is 24.9 Å². The van der Waals surface area contributed by atoms with Gasteiger partial charge in [0.25, 0.3) is 0 Å². The number of fused-ring (bicyclic) bond motifs is 1. The summed E-state index contributed by atoms with van der Waals surface area (Å²) in [5.74, 6) is 1.15. The van der Waals surface area contributed by atoms with E-state index in [1.807, 2.05) is 0 Å². The first-order valence-electron chi connectivity index (χ1n) is 7.01. The van der Waals surface area contributed by atoms with Gasteiger partial charge in [-0.15, -0.1) is 0 Å². The normalized spacial score (nSPS) is 26.1. The van der Waals surface area contributed by atoms with E-state index in [1.54, 1.807) is 7.11 Å². The van der Waals surface area contributed by atoms with E-state index in [0.717, 1.165) is 43.0 Å². The second kappa shape index (κ2) is 5.90. The fourth-order valence-corrected chi connectivity index (χ4v) is 2.76. The SMILES string of the molecule is CO[C@H]1COC[C@@H]1Nc1nc(N)nc2c1CCNCC2. The van der Waals surface area contributed by atoms with Gasteiger partial charge in [0.2, 0.25) is 5.95 Å². The molecule has 0 saturated carbocycles. The zero-order valence-corrected chi connectivity index (χ0v) is 11.7. The monoisotopic (exact) mass is 279 g/mol. The predicted octanol–water partition coefficient (Wildman–Crippen LogP) is -0.427. The number of anilines is 2. The van der Waals surface area contributed by atoms with Crippen LogP contribution in [0.4, 0.5) is 11.8 Å². The van der Waals surface area contributed by atoms with E-state index in [0.29, 0.717) is 19.2 Å². The molecule has 7 nitrogen and oxygen atoms in total. The van der Waals surface area contributed by atoms with E-state index in [2.05, 4.69) is 20.6 Å². The van der Waals surface area contributed by atoms with Gasteiger partial charge in [-0.05, 0) is 13.0 Å². The van der Waals surface area contributed by atoms with E-state index < -0.39 is 0 Å². The second-order valence-electron chi connectivity index (χ2n) is 5.17. The van der Waals surface area contributed by atoms with Gasteiger partial charge in [0, 0.05) is 25.6 Å². The number of ether oxygens (including phenoxy) is 2. The first-order valence-corrected chi connectivity index (χ1v) is 7.01. The van der Waals surface area contributed by atoms with Crippen molar-refractivity contribution in [2.24, 2.45) is 0 Å². The van der Waals surface area contributed by atoms with Crippen molar-refractivity contribution in [2.45, 2.75) is 25.0 Å². The molecule has 7 heteroatoms. The summed E-state index contributed by atoms with van der Waals surface area (Å²) in [5, 5.41) is 6.80. The van der Waals surface area contributed by atoms with Crippen molar-refractivity contribution in [1.29, 1.82) is 0 Å². The fourth-order valence-electron chi connectivity index (χ4n) is 2.76. The summed E-state index contributed by atoms with van der Waals surface area (Å²) in [6.07, 6.45) is 1.83. The van der Waals surface area contributed by atoms with Crippen LogP contribution in [0.2, 0.25) is 0 Å². The van der Waals surface area contributed by atoms with Gasteiger partial charge in [-0.2, -0.15) is 4.98 Å². The quantitative estimate of drug-likeness (QED) is 0.691. The smallest absolute Gasteiger partial charge is 0.222 e. The number of hydrogen-bond donors (Lipinski definition) is 3. The average Bonchev–Trinajstić information content (AvgIpc) is 2.74. The zero-order valence-electron chi connectivity index (χ0n) is 11.7. The van der Waals surface area contributed by atoms with E-state index in [9.17, 15) is 0 Å². The molecule has 0 amide bonds. The van der Waals surface area contributed by atoms with Crippen molar-refractivity contribution in [3.63, 3.8) is 0 Å². The van der Waals surface area contributed by atoms with E-state index in [1.165, 1.54) is 0 Å². The molecule has 0 unspecified atom stereocenters. The van der Waals surface area contributed by atoms with Gasteiger partial charge in [0.1, 0.15) is 11.9 Å². The molecule has 3 heterocycles. The van der Waals surface area contributed by atoms with Crippen LogP contribution in [0.25, 0.3) is 0 Å². The van der Waals surface area contributed by atoms with E-state index in [-0.39, 0.29) is 12.1 Å². The highest BCUT2D eigenvalue weighted by atomic mass is 16.5. The van der Waals surface area contributed by atoms with Crippen LogP contribution in [0.15, 0.2) is 0 Å². The first-order chi connectivity index (χ1) is 9.78. The Bertz CT molecular complexity index is 482. The maximum Gasteiger partial charge on any atom is 0.222 e. The van der Waals surface area contributed by atoms with Crippen molar-refractivity contribution in [3.8, 4) is 0 Å². The number of nitrogens with zero attached hydrogens (tertiary/aromatic N) is 2. The Balaban J connectivity index is 1.86. The molecule has 1 fully saturated rings. The number of nitrogens with one attached hydrogen (secondary N) is 2. The molecule has 0 aliphatic carbocycles. The molecule has 0 bridgehead atoms. The predicted molar refractivity (Wildman–Crippen MR) is 75.7 cm³/mol. The topological polar surface area (TPSA) is 94.3 Å². The number of nitrogen functional groups attached to an aromatic ring is 1. The molecule has 2 atom stereocenters. The standard InChI is InChI=1S/C13H21N5O2/c1-19-11-7-20-6-10(11)16-12-8-2-4-15-5-3-9(8)17-13(14)18-12/h10-11,15H,2-7H2,1H3,(H3,14,16,17,18)/t10-,11-/m0/s1. The number of hydrogen-bond acceptors (Lipinski definition) is 7. The summed E-state index contributed by atoms with van der Waals surface area (Å²) < 4.78 is 10.9. The highest BCUT2D eigenvalue weighted by Crippen LogP contribution is 2.23. The van der Waals surface area contributed by atoms with Gasteiger partial charge in [-0.1, -0.05) is 0 Å². The van der Waals surface area contributed by atoms with Crippen LogP contribution in [0.5, 0.6) is 0 Å². The molecule has 0 radical (unpaired) electrons. The highest BCUT2D eigenvalue weighted by Gasteiger charge is 2.29. The van der Waals surface area contributed by atoms with Gasteiger partial charge in [0.15, 0.2) is 0 Å². The minimum Gasteiger partial charge on any atom is -0.377 e. The van der Waals surface area contributed by atoms with Crippen LogP contribution in [-0.4, -0.2) is 55.5 Å². The molecule has 0 spiro atoms. The van der Waals surface area contributed by atoms with Gasteiger partial charge < -0.3 is 25.8 Å². The van der Waals surface area contributed by atoms with Crippen LogP contribution >= 0.6 is 0 Å². The van der Waals surface area contributed by atoms with Crippen molar-refractivity contribution in [1.82, 2.24) is 15.3 Å². The third-order valence-electron chi connectivity index (χ3n) is 3.85. The summed E-state index contributed by atoms with van der Waals surface area (Å²) >= 11 is 0. The largest absolute Gasteiger partial charge is 0.377 e. The Hall–Kier alpha value is -1.44. The lowest BCUT2D eigenvalue weighted by Crippen LogP contribution is -2.34. The third-order valence-corrected chi connectivity index (χ3v) is 3.85. The summed E-state index contributed by atoms with van der Waals surface area (Å²) in [6.45, 7) is 3.09. The highest BCUT2D eigenvalue weighted by molar-refractivity contribution is 5.51. The van der Waals surface area contributed by atoms with Gasteiger partial charge in [-0.3, -0.25) is 0 Å². The van der Waals surface area contributed by atoms with Crippen molar-refractivity contribution < 1.29 is 9.47 Å². The first kappa shape index (κ1) is 13.5. The average molecular weight is 279 g/mol. The fraction of sp³-hybridized carbons (Fsp3) is 0.692. The minimum absolute atomic E-state index is 0.0470. The summed E-state index contributed by atoms with van der Waals surface area (Å²) in [5.41, 5.74) is 8.03. The van der Waals surface area contributed by atoms with Crippen LogP contribution in [0.3, 0.4) is 0 Å². The van der Waals surface area contributed by atoms with E-state index in [4.69, 9.17) is 15.2 Å². The van der Waals surface area contributed by atoms with Gasteiger partial charge >= 0.3 is 0 Å². The Morgan fingerprint density at radius 2 is 2.15 bits per heavy atom. The summed E-state index contributed by atoms with van der Waals surface area (Å²) in [6, 6.07) is 0.106. The van der Waals surface area contributed by atoms with Crippen LogP contribution in [0.1, 0.15) is 11.3 Å². The van der Waals surface area contributed by atoms with Crippen LogP contribution in [-0.2, 0) is 22.3 Å². The molecular weight excluding hydrogens is 258 g/mol. The lowest BCUT2D eigenvalue weighted by atomic mass is 10.1. The molecule has 20 heavy (non-hydrogen) atoms. The number of nitrogens with two attached hydrogens (primary N) is 1. The zero-order chi connectivity index (χ0) is 13.9. The van der Waals surface area contributed by atoms with Crippen LogP contribution < -0.4 is 16.4 Å². The summed E-state index contributed by atoms with van der Waals surface area (Å²) in [4.78, 5) is 8.75. The lowest BCUT2D eigenvalue weighted by molar-refractivity contribution is 0.0795.